The van der Waals surface area contributed by atoms with Gasteiger partial charge in [-0.2, -0.15) is 21.1 Å². The Bertz CT molecular complexity index is 922. The van der Waals surface area contributed by atoms with Gasteiger partial charge >= 0.3 is 0 Å². The summed E-state index contributed by atoms with van der Waals surface area (Å²) in [6.07, 6.45) is 1.72. The third-order valence-electron chi connectivity index (χ3n) is 3.84. The first-order valence-corrected chi connectivity index (χ1v) is 12.6. The minimum atomic E-state index is -3.77. The van der Waals surface area contributed by atoms with Gasteiger partial charge in [0.2, 0.25) is 10.0 Å². The predicted molar refractivity (Wildman–Crippen MR) is 94.0 cm³/mol. The highest BCUT2D eigenvalue weighted by Crippen LogP contribution is 2.36. The van der Waals surface area contributed by atoms with Crippen LogP contribution in [0.25, 0.3) is 0 Å². The van der Waals surface area contributed by atoms with Crippen molar-refractivity contribution in [1.29, 1.82) is 0 Å². The predicted octanol–water partition coefficient (Wildman–Crippen LogP) is -0.0619. The van der Waals surface area contributed by atoms with Gasteiger partial charge in [-0.15, -0.1) is 0 Å². The number of benzene rings is 1. The molecule has 148 valence electrons. The van der Waals surface area contributed by atoms with Crippen LogP contribution in [-0.2, 0) is 38.6 Å². The van der Waals surface area contributed by atoms with Gasteiger partial charge in [0.25, 0.3) is 20.2 Å². The lowest BCUT2D eigenvalue weighted by molar-refractivity contribution is -0.0149. The summed E-state index contributed by atoms with van der Waals surface area (Å²) in [5, 5.41) is 0. The van der Waals surface area contributed by atoms with Crippen molar-refractivity contribution in [2.24, 2.45) is 5.41 Å². The highest BCUT2D eigenvalue weighted by molar-refractivity contribution is 7.89. The first-order valence-electron chi connectivity index (χ1n) is 7.48. The van der Waals surface area contributed by atoms with E-state index in [0.717, 1.165) is 22.4 Å². The van der Waals surface area contributed by atoms with Crippen molar-refractivity contribution in [3.8, 4) is 0 Å². The van der Waals surface area contributed by atoms with Crippen LogP contribution in [0.2, 0.25) is 0 Å². The molecule has 12 heteroatoms. The van der Waals surface area contributed by atoms with Gasteiger partial charge in [0.15, 0.2) is 0 Å². The molecule has 0 N–H and O–H groups in total. The van der Waals surface area contributed by atoms with E-state index in [1.807, 2.05) is 6.92 Å². The van der Waals surface area contributed by atoms with Crippen molar-refractivity contribution in [1.82, 2.24) is 4.31 Å². The molecule has 0 spiro atoms. The molecule has 1 aromatic rings. The lowest BCUT2D eigenvalue weighted by Gasteiger charge is -2.47. The largest absolute Gasteiger partial charge is 0.270 e. The maximum absolute atomic E-state index is 12.6. The lowest BCUT2D eigenvalue weighted by atomic mass is 9.84. The fourth-order valence-corrected chi connectivity index (χ4v) is 5.01. The molecule has 1 fully saturated rings. The molecule has 1 saturated heterocycles. The van der Waals surface area contributed by atoms with Crippen LogP contribution in [0.1, 0.15) is 5.56 Å². The Morgan fingerprint density at radius 2 is 1.31 bits per heavy atom. The summed E-state index contributed by atoms with van der Waals surface area (Å²) < 4.78 is 80.9. The molecular formula is C14H21NO8S3. The van der Waals surface area contributed by atoms with Crippen molar-refractivity contribution in [2.45, 2.75) is 11.8 Å². The van der Waals surface area contributed by atoms with Gasteiger partial charge in [0, 0.05) is 18.5 Å². The van der Waals surface area contributed by atoms with E-state index in [-0.39, 0.29) is 31.2 Å². The van der Waals surface area contributed by atoms with E-state index in [9.17, 15) is 25.3 Å². The van der Waals surface area contributed by atoms with Crippen molar-refractivity contribution in [2.75, 3.05) is 38.8 Å². The Kier molecular flexibility index (Phi) is 5.86. The average Bonchev–Trinajstić information content (AvgIpc) is 2.43. The Balaban J connectivity index is 2.17. The summed E-state index contributed by atoms with van der Waals surface area (Å²) in [5.74, 6) is 0. The van der Waals surface area contributed by atoms with Crippen LogP contribution in [0.3, 0.4) is 0 Å². The fourth-order valence-electron chi connectivity index (χ4n) is 2.42. The summed E-state index contributed by atoms with van der Waals surface area (Å²) >= 11 is 0. The number of aryl methyl sites for hydroxylation is 1. The number of nitrogens with zero attached hydrogens (tertiary/aromatic N) is 1. The molecule has 9 nitrogen and oxygen atoms in total. The second-order valence-corrected chi connectivity index (χ2v) is 11.7. The molecule has 1 aliphatic rings. The van der Waals surface area contributed by atoms with Crippen molar-refractivity contribution in [3.63, 3.8) is 0 Å². The molecule has 1 heterocycles. The van der Waals surface area contributed by atoms with Crippen molar-refractivity contribution in [3.05, 3.63) is 29.8 Å². The van der Waals surface area contributed by atoms with E-state index in [4.69, 9.17) is 8.37 Å². The minimum Gasteiger partial charge on any atom is -0.270 e. The lowest BCUT2D eigenvalue weighted by Crippen LogP contribution is -2.62. The Labute approximate surface area is 154 Å². The fraction of sp³-hybridized carbons (Fsp3) is 0.571. The molecule has 0 aliphatic carbocycles. The van der Waals surface area contributed by atoms with Crippen LogP contribution in [-0.4, -0.2) is 68.4 Å². The molecule has 1 aromatic carbocycles. The number of sulfonamides is 1. The van der Waals surface area contributed by atoms with Crippen LogP contribution in [0.15, 0.2) is 29.2 Å². The summed E-state index contributed by atoms with van der Waals surface area (Å²) in [4.78, 5) is 0.102. The Hall–Kier alpha value is -1.05. The quantitative estimate of drug-likeness (QED) is 0.529. The van der Waals surface area contributed by atoms with Crippen LogP contribution < -0.4 is 0 Å². The van der Waals surface area contributed by atoms with Gasteiger partial charge in [-0.1, -0.05) is 17.7 Å². The van der Waals surface area contributed by atoms with Gasteiger partial charge < -0.3 is 0 Å². The molecule has 2 rings (SSSR count). The smallest absolute Gasteiger partial charge is 0.264 e. The number of rotatable bonds is 8. The number of hydrogen-bond acceptors (Lipinski definition) is 8. The zero-order valence-electron chi connectivity index (χ0n) is 14.6. The van der Waals surface area contributed by atoms with Gasteiger partial charge in [-0.05, 0) is 19.1 Å². The summed E-state index contributed by atoms with van der Waals surface area (Å²) in [6.45, 7) is 0.848. The summed E-state index contributed by atoms with van der Waals surface area (Å²) in [5.41, 5.74) is -0.158. The number of hydrogen-bond donors (Lipinski definition) is 0. The average molecular weight is 428 g/mol. The first-order chi connectivity index (χ1) is 11.7. The molecular weight excluding hydrogens is 406 g/mol. The molecule has 0 aromatic heterocycles. The molecule has 0 atom stereocenters. The van der Waals surface area contributed by atoms with Gasteiger partial charge in [-0.25, -0.2) is 8.42 Å². The zero-order valence-corrected chi connectivity index (χ0v) is 17.0. The van der Waals surface area contributed by atoms with Gasteiger partial charge in [0.05, 0.1) is 30.6 Å². The minimum absolute atomic E-state index is 0.102. The van der Waals surface area contributed by atoms with Crippen LogP contribution >= 0.6 is 0 Å². The van der Waals surface area contributed by atoms with Crippen LogP contribution in [0, 0.1) is 12.3 Å². The SMILES string of the molecule is Cc1ccc(S(=O)(=O)N2CC(COS(C)(=O)=O)(COS(C)(=O)=O)C2)cc1. The monoisotopic (exact) mass is 427 g/mol. The van der Waals surface area contributed by atoms with E-state index in [1.165, 1.54) is 12.1 Å². The van der Waals surface area contributed by atoms with E-state index in [0.29, 0.717) is 0 Å². The molecule has 0 radical (unpaired) electrons. The van der Waals surface area contributed by atoms with E-state index >= 15 is 0 Å². The van der Waals surface area contributed by atoms with E-state index in [1.54, 1.807) is 12.1 Å². The Morgan fingerprint density at radius 1 is 0.885 bits per heavy atom. The Morgan fingerprint density at radius 3 is 1.69 bits per heavy atom. The van der Waals surface area contributed by atoms with Gasteiger partial charge in [-0.3, -0.25) is 8.37 Å². The third kappa shape index (κ3) is 5.47. The normalized spacial score (nSPS) is 18.4. The molecule has 0 amide bonds. The standard InChI is InChI=1S/C14H21NO8S3/c1-12-4-6-13(7-5-12)26(20,21)15-8-14(9-15,10-22-24(2,16)17)11-23-25(3,18)19/h4-7H,8-11H2,1-3H3. The second-order valence-electron chi connectivity index (χ2n) is 6.52. The maximum atomic E-state index is 12.6. The third-order valence-corrected chi connectivity index (χ3v) is 6.74. The van der Waals surface area contributed by atoms with E-state index < -0.39 is 35.7 Å². The highest BCUT2D eigenvalue weighted by atomic mass is 32.2. The highest BCUT2D eigenvalue weighted by Gasteiger charge is 2.50. The van der Waals surface area contributed by atoms with Crippen molar-refractivity contribution < 1.29 is 33.6 Å². The second kappa shape index (κ2) is 7.17. The van der Waals surface area contributed by atoms with E-state index in [2.05, 4.69) is 0 Å². The molecule has 1 aliphatic heterocycles. The topological polar surface area (TPSA) is 124 Å². The summed E-state index contributed by atoms with van der Waals surface area (Å²) in [6, 6.07) is 6.29. The molecule has 0 unspecified atom stereocenters. The zero-order chi connectivity index (χ0) is 19.8. The first kappa shape index (κ1) is 21.3. The summed E-state index contributed by atoms with van der Waals surface area (Å²) in [7, 11) is -11.3. The molecule has 26 heavy (non-hydrogen) atoms. The van der Waals surface area contributed by atoms with Gasteiger partial charge in [0.1, 0.15) is 0 Å². The van der Waals surface area contributed by atoms with Crippen LogP contribution in [0.4, 0.5) is 0 Å². The molecule has 0 bridgehead atoms. The molecule has 0 saturated carbocycles. The van der Waals surface area contributed by atoms with Crippen LogP contribution in [0.5, 0.6) is 0 Å². The maximum Gasteiger partial charge on any atom is 0.264 e. The van der Waals surface area contributed by atoms with Crippen molar-refractivity contribution >= 4 is 30.3 Å².